The third-order valence-corrected chi connectivity index (χ3v) is 4.17. The fraction of sp³-hybridized carbons (Fsp3) is 0.750. The van der Waals surface area contributed by atoms with Crippen LogP contribution < -0.4 is 5.32 Å². The van der Waals surface area contributed by atoms with Crippen molar-refractivity contribution in [3.05, 3.63) is 0 Å². The first-order valence-electron chi connectivity index (χ1n) is 4.83. The zero-order chi connectivity index (χ0) is 12.3. The minimum Gasteiger partial charge on any atom is -0.480 e. The molecule has 1 heterocycles. The first-order valence-corrected chi connectivity index (χ1v) is 6.44. The maximum atomic E-state index is 11.3. The van der Waals surface area contributed by atoms with E-state index in [0.717, 1.165) is 4.31 Å². The number of carboxylic acids is 1. The molecule has 92 valence electrons. The second kappa shape index (κ2) is 4.79. The van der Waals surface area contributed by atoms with E-state index in [1.807, 2.05) is 0 Å². The summed E-state index contributed by atoms with van der Waals surface area (Å²) >= 11 is 0. The van der Waals surface area contributed by atoms with Crippen molar-refractivity contribution in [2.45, 2.75) is 19.4 Å². The number of carbonyl (C=O) groups excluding carboxylic acids is 1. The molecule has 1 aliphatic heterocycles. The lowest BCUT2D eigenvalue weighted by molar-refractivity contribution is -0.141. The van der Waals surface area contributed by atoms with Gasteiger partial charge in [-0.3, -0.25) is 9.59 Å². The normalized spacial score (nSPS) is 21.6. The number of nitrogens with one attached hydrogen (secondary N) is 1. The average molecular weight is 250 g/mol. The Morgan fingerprint density at radius 1 is 1.50 bits per heavy atom. The van der Waals surface area contributed by atoms with E-state index in [1.54, 1.807) is 0 Å². The van der Waals surface area contributed by atoms with Gasteiger partial charge in [-0.25, -0.2) is 8.42 Å². The molecule has 1 saturated heterocycles. The molecule has 1 amide bonds. The molecule has 0 saturated carbocycles. The van der Waals surface area contributed by atoms with Gasteiger partial charge < -0.3 is 10.4 Å². The average Bonchev–Trinajstić information content (AvgIpc) is 2.45. The molecule has 1 aliphatic rings. The smallest absolute Gasteiger partial charge is 0.325 e. The second-order valence-corrected chi connectivity index (χ2v) is 5.72. The van der Waals surface area contributed by atoms with E-state index in [9.17, 15) is 18.0 Å². The Hall–Kier alpha value is -1.15. The highest BCUT2D eigenvalue weighted by molar-refractivity contribution is 7.89. The molecule has 0 bridgehead atoms. The summed E-state index contributed by atoms with van der Waals surface area (Å²) in [7, 11) is -3.31. The SMILES string of the molecule is C[C@@H](NC(=O)CN1CCCS1(=O)=O)C(=O)O. The summed E-state index contributed by atoms with van der Waals surface area (Å²) in [5.41, 5.74) is 0. The van der Waals surface area contributed by atoms with Crippen molar-refractivity contribution in [1.29, 1.82) is 0 Å². The third kappa shape index (κ3) is 3.17. The van der Waals surface area contributed by atoms with E-state index < -0.39 is 27.9 Å². The summed E-state index contributed by atoms with van der Waals surface area (Å²) in [6.45, 7) is 1.33. The molecule has 7 nitrogen and oxygen atoms in total. The molecule has 2 N–H and O–H groups in total. The maximum Gasteiger partial charge on any atom is 0.325 e. The van der Waals surface area contributed by atoms with Crippen LogP contribution in [0, 0.1) is 0 Å². The third-order valence-electron chi connectivity index (χ3n) is 2.27. The van der Waals surface area contributed by atoms with E-state index in [2.05, 4.69) is 5.32 Å². The van der Waals surface area contributed by atoms with Gasteiger partial charge >= 0.3 is 5.97 Å². The first kappa shape index (κ1) is 12.9. The molecule has 8 heteroatoms. The van der Waals surface area contributed by atoms with Crippen LogP contribution >= 0.6 is 0 Å². The van der Waals surface area contributed by atoms with Crippen LogP contribution in [-0.4, -0.2) is 54.6 Å². The summed E-state index contributed by atoms with van der Waals surface area (Å²) in [4.78, 5) is 21.8. The van der Waals surface area contributed by atoms with Gasteiger partial charge in [-0.15, -0.1) is 0 Å². The predicted octanol–water partition coefficient (Wildman–Crippen LogP) is -1.39. The minimum atomic E-state index is -3.31. The van der Waals surface area contributed by atoms with Crippen molar-refractivity contribution in [2.75, 3.05) is 18.8 Å². The van der Waals surface area contributed by atoms with Crippen LogP contribution in [0.5, 0.6) is 0 Å². The molecular weight excluding hydrogens is 236 g/mol. The molecule has 16 heavy (non-hydrogen) atoms. The zero-order valence-corrected chi connectivity index (χ0v) is 9.66. The number of aliphatic carboxylic acids is 1. The standard InChI is InChI=1S/C8H14N2O5S/c1-6(8(12)13)9-7(11)5-10-3-2-4-16(10,14)15/h6H,2-5H2,1H3,(H,9,11)(H,12,13)/t6-/m1/s1. The van der Waals surface area contributed by atoms with Crippen LogP contribution in [0.2, 0.25) is 0 Å². The Kier molecular flexibility index (Phi) is 3.87. The lowest BCUT2D eigenvalue weighted by Gasteiger charge is -2.15. The molecule has 0 spiro atoms. The summed E-state index contributed by atoms with van der Waals surface area (Å²) in [6, 6.07) is -1.02. The summed E-state index contributed by atoms with van der Waals surface area (Å²) in [6.07, 6.45) is 0.504. The molecular formula is C8H14N2O5S. The predicted molar refractivity (Wildman–Crippen MR) is 55.2 cm³/mol. The molecule has 0 unspecified atom stereocenters. The van der Waals surface area contributed by atoms with Crippen molar-refractivity contribution < 1.29 is 23.1 Å². The maximum absolute atomic E-state index is 11.3. The Bertz CT molecular complexity index is 391. The van der Waals surface area contributed by atoms with Gasteiger partial charge in [0.25, 0.3) is 0 Å². The van der Waals surface area contributed by atoms with Crippen LogP contribution in [0.4, 0.5) is 0 Å². The monoisotopic (exact) mass is 250 g/mol. The van der Waals surface area contributed by atoms with E-state index in [-0.39, 0.29) is 12.3 Å². The van der Waals surface area contributed by atoms with Gasteiger partial charge in [0.2, 0.25) is 15.9 Å². The van der Waals surface area contributed by atoms with E-state index in [4.69, 9.17) is 5.11 Å². The topological polar surface area (TPSA) is 104 Å². The van der Waals surface area contributed by atoms with E-state index in [0.29, 0.717) is 13.0 Å². The highest BCUT2D eigenvalue weighted by Gasteiger charge is 2.30. The molecule has 0 radical (unpaired) electrons. The van der Waals surface area contributed by atoms with Crippen molar-refractivity contribution in [3.8, 4) is 0 Å². The van der Waals surface area contributed by atoms with Gasteiger partial charge in [-0.2, -0.15) is 4.31 Å². The number of hydrogen-bond acceptors (Lipinski definition) is 4. The summed E-state index contributed by atoms with van der Waals surface area (Å²) in [5.74, 6) is -1.70. The van der Waals surface area contributed by atoms with Crippen LogP contribution in [-0.2, 0) is 19.6 Å². The van der Waals surface area contributed by atoms with Crippen LogP contribution in [0.1, 0.15) is 13.3 Å². The highest BCUT2D eigenvalue weighted by atomic mass is 32.2. The first-order chi connectivity index (χ1) is 7.33. The van der Waals surface area contributed by atoms with Gasteiger partial charge in [-0.1, -0.05) is 0 Å². The second-order valence-electron chi connectivity index (χ2n) is 3.63. The molecule has 1 fully saturated rings. The summed E-state index contributed by atoms with van der Waals surface area (Å²) < 4.78 is 23.8. The number of carbonyl (C=O) groups is 2. The fourth-order valence-electron chi connectivity index (χ4n) is 1.38. The van der Waals surface area contributed by atoms with Crippen LogP contribution in [0.3, 0.4) is 0 Å². The van der Waals surface area contributed by atoms with Crippen molar-refractivity contribution in [2.24, 2.45) is 0 Å². The van der Waals surface area contributed by atoms with Crippen molar-refractivity contribution >= 4 is 21.9 Å². The zero-order valence-electron chi connectivity index (χ0n) is 8.84. The molecule has 0 aromatic heterocycles. The number of sulfonamides is 1. The fourth-order valence-corrected chi connectivity index (χ4v) is 2.85. The van der Waals surface area contributed by atoms with Crippen LogP contribution in [0.25, 0.3) is 0 Å². The number of nitrogens with zero attached hydrogens (tertiary/aromatic N) is 1. The van der Waals surface area contributed by atoms with E-state index in [1.165, 1.54) is 6.92 Å². The van der Waals surface area contributed by atoms with Gasteiger partial charge in [0.05, 0.1) is 12.3 Å². The molecule has 0 aromatic rings. The van der Waals surface area contributed by atoms with Crippen molar-refractivity contribution in [3.63, 3.8) is 0 Å². The number of hydrogen-bond donors (Lipinski definition) is 2. The van der Waals surface area contributed by atoms with Crippen molar-refractivity contribution in [1.82, 2.24) is 9.62 Å². The number of carboxylic acid groups (broad SMARTS) is 1. The number of amides is 1. The lowest BCUT2D eigenvalue weighted by atomic mass is 10.3. The van der Waals surface area contributed by atoms with Gasteiger partial charge in [0, 0.05) is 6.54 Å². The highest BCUT2D eigenvalue weighted by Crippen LogP contribution is 2.12. The Labute approximate surface area is 93.5 Å². The molecule has 0 aromatic carbocycles. The largest absolute Gasteiger partial charge is 0.480 e. The van der Waals surface area contributed by atoms with Gasteiger partial charge in [-0.05, 0) is 13.3 Å². The Morgan fingerprint density at radius 3 is 2.56 bits per heavy atom. The quantitative estimate of drug-likeness (QED) is 0.639. The minimum absolute atomic E-state index is 0.0504. The summed E-state index contributed by atoms with van der Waals surface area (Å²) in [5, 5.41) is 10.7. The van der Waals surface area contributed by atoms with Crippen LogP contribution in [0.15, 0.2) is 0 Å². The van der Waals surface area contributed by atoms with Gasteiger partial charge in [0.15, 0.2) is 0 Å². The molecule has 1 atom stereocenters. The molecule has 0 aliphatic carbocycles. The van der Waals surface area contributed by atoms with E-state index >= 15 is 0 Å². The molecule has 1 rings (SSSR count). The van der Waals surface area contributed by atoms with Gasteiger partial charge in [0.1, 0.15) is 6.04 Å². The Morgan fingerprint density at radius 2 is 2.12 bits per heavy atom. The number of rotatable bonds is 4. The Balaban J connectivity index is 2.49. The lowest BCUT2D eigenvalue weighted by Crippen LogP contribution is -2.44.